The number of thiocarbonyl (C=S) groups is 1. The average molecular weight is 329 g/mol. The Morgan fingerprint density at radius 2 is 1.91 bits per heavy atom. The van der Waals surface area contributed by atoms with Crippen molar-refractivity contribution in [1.82, 2.24) is 5.32 Å². The lowest BCUT2D eigenvalue weighted by Crippen LogP contribution is -2.33. The summed E-state index contributed by atoms with van der Waals surface area (Å²) in [6, 6.07) is 14.0. The van der Waals surface area contributed by atoms with Gasteiger partial charge in [0.05, 0.1) is 18.5 Å². The second-order valence-electron chi connectivity index (χ2n) is 4.40. The minimum absolute atomic E-state index is 0.0991. The van der Waals surface area contributed by atoms with Crippen molar-refractivity contribution in [2.75, 3.05) is 12.4 Å². The highest BCUT2D eigenvalue weighted by Crippen LogP contribution is 2.25. The molecule has 0 saturated carbocycles. The smallest absolute Gasteiger partial charge is 0.413 e. The van der Waals surface area contributed by atoms with E-state index in [1.807, 2.05) is 12.1 Å². The molecule has 0 aromatic heterocycles. The van der Waals surface area contributed by atoms with Gasteiger partial charge in [0.15, 0.2) is 5.11 Å². The number of anilines is 1. The van der Waals surface area contributed by atoms with Crippen LogP contribution in [-0.4, -0.2) is 29.6 Å². The van der Waals surface area contributed by atoms with Crippen molar-refractivity contribution in [2.45, 2.75) is 0 Å². The van der Waals surface area contributed by atoms with Crippen molar-refractivity contribution in [2.24, 2.45) is 4.99 Å². The molecule has 118 valence electrons. The Bertz CT molecular complexity index is 747. The molecule has 0 heterocycles. The van der Waals surface area contributed by atoms with Crippen molar-refractivity contribution in [3.05, 3.63) is 54.1 Å². The number of hydrogen-bond acceptors (Lipinski definition) is 5. The van der Waals surface area contributed by atoms with Crippen LogP contribution in [0.25, 0.3) is 0 Å². The minimum atomic E-state index is -0.655. The zero-order valence-corrected chi connectivity index (χ0v) is 13.1. The summed E-state index contributed by atoms with van der Waals surface area (Å²) in [7, 11) is 1.25. The summed E-state index contributed by atoms with van der Waals surface area (Å²) in [5.74, 6) is 0.143. The van der Waals surface area contributed by atoms with Crippen molar-refractivity contribution >= 4 is 41.0 Å². The van der Waals surface area contributed by atoms with Crippen molar-refractivity contribution in [1.29, 1.82) is 0 Å². The number of aromatic hydroxyl groups is 1. The molecule has 0 unspecified atom stereocenters. The fraction of sp³-hybridized carbons (Fsp3) is 0.0625. The predicted molar refractivity (Wildman–Crippen MR) is 93.6 cm³/mol. The third-order valence-corrected chi connectivity index (χ3v) is 3.04. The van der Waals surface area contributed by atoms with Gasteiger partial charge in [-0.2, -0.15) is 0 Å². The Morgan fingerprint density at radius 1 is 1.22 bits per heavy atom. The van der Waals surface area contributed by atoms with E-state index in [0.29, 0.717) is 16.9 Å². The van der Waals surface area contributed by atoms with Crippen LogP contribution in [0.5, 0.6) is 5.75 Å². The van der Waals surface area contributed by atoms with Gasteiger partial charge in [0, 0.05) is 11.8 Å². The molecule has 3 N–H and O–H groups in total. The Kier molecular flexibility index (Phi) is 5.65. The van der Waals surface area contributed by atoms with Crippen LogP contribution in [0.3, 0.4) is 0 Å². The lowest BCUT2D eigenvalue weighted by Gasteiger charge is -2.10. The van der Waals surface area contributed by atoms with Gasteiger partial charge in [-0.15, -0.1) is 0 Å². The SMILES string of the molecule is COC(=O)NC(=S)Nc1ccccc1/N=C/c1ccccc1O. The molecule has 6 nitrogen and oxygen atoms in total. The van der Waals surface area contributed by atoms with Gasteiger partial charge in [0.1, 0.15) is 5.75 Å². The van der Waals surface area contributed by atoms with E-state index in [-0.39, 0.29) is 10.9 Å². The van der Waals surface area contributed by atoms with Crippen molar-refractivity contribution < 1.29 is 14.6 Å². The fourth-order valence-electron chi connectivity index (χ4n) is 1.72. The lowest BCUT2D eigenvalue weighted by molar-refractivity contribution is 0.177. The predicted octanol–water partition coefficient (Wildman–Crippen LogP) is 3.20. The highest BCUT2D eigenvalue weighted by molar-refractivity contribution is 7.80. The number of alkyl carbamates (subject to hydrolysis) is 1. The summed E-state index contributed by atoms with van der Waals surface area (Å²) in [6.07, 6.45) is 0.893. The van der Waals surface area contributed by atoms with E-state index in [1.54, 1.807) is 42.6 Å². The number of phenolic OH excluding ortho intramolecular Hbond substituents is 1. The van der Waals surface area contributed by atoms with E-state index < -0.39 is 6.09 Å². The average Bonchev–Trinajstić information content (AvgIpc) is 2.55. The highest BCUT2D eigenvalue weighted by Gasteiger charge is 2.06. The number of benzene rings is 2. The first kappa shape index (κ1) is 16.4. The van der Waals surface area contributed by atoms with Gasteiger partial charge in [-0.1, -0.05) is 24.3 Å². The molecule has 2 rings (SSSR count). The minimum Gasteiger partial charge on any atom is -0.507 e. The fourth-order valence-corrected chi connectivity index (χ4v) is 1.92. The lowest BCUT2D eigenvalue weighted by atomic mass is 10.2. The molecule has 0 aliphatic carbocycles. The number of para-hydroxylation sites is 3. The molecule has 2 aromatic carbocycles. The number of carbonyl (C=O) groups excluding carboxylic acids is 1. The maximum atomic E-state index is 11.1. The number of aliphatic imine (C=N–C) groups is 1. The van der Waals surface area contributed by atoms with Crippen LogP contribution in [0.2, 0.25) is 0 Å². The molecule has 23 heavy (non-hydrogen) atoms. The molecule has 1 amide bonds. The summed E-state index contributed by atoms with van der Waals surface area (Å²) in [6.45, 7) is 0. The molecule has 0 bridgehead atoms. The van der Waals surface area contributed by atoms with Crippen LogP contribution in [0, 0.1) is 0 Å². The molecule has 2 aromatic rings. The van der Waals surface area contributed by atoms with Crippen molar-refractivity contribution in [3.8, 4) is 5.75 Å². The molecule has 7 heteroatoms. The van der Waals surface area contributed by atoms with Crippen molar-refractivity contribution in [3.63, 3.8) is 0 Å². The zero-order valence-electron chi connectivity index (χ0n) is 12.3. The largest absolute Gasteiger partial charge is 0.507 e. The molecule has 0 aliphatic heterocycles. The summed E-state index contributed by atoms with van der Waals surface area (Å²) < 4.78 is 4.47. The molecular formula is C16H15N3O3S. The van der Waals surface area contributed by atoms with Gasteiger partial charge >= 0.3 is 6.09 Å². The Morgan fingerprint density at radius 3 is 2.65 bits per heavy atom. The van der Waals surface area contributed by atoms with Crippen LogP contribution >= 0.6 is 12.2 Å². The second-order valence-corrected chi connectivity index (χ2v) is 4.81. The zero-order chi connectivity index (χ0) is 16.7. The normalized spacial score (nSPS) is 10.3. The van der Waals surface area contributed by atoms with Gasteiger partial charge < -0.3 is 15.2 Å². The number of hydrogen-bond donors (Lipinski definition) is 3. The van der Waals surface area contributed by atoms with Crippen LogP contribution in [0.15, 0.2) is 53.5 Å². The van der Waals surface area contributed by atoms with Crippen LogP contribution in [0.4, 0.5) is 16.2 Å². The molecular weight excluding hydrogens is 314 g/mol. The molecule has 0 radical (unpaired) electrons. The first-order valence-corrected chi connectivity index (χ1v) is 7.08. The Labute approximate surface area is 138 Å². The second kappa shape index (κ2) is 7.90. The van der Waals surface area contributed by atoms with E-state index >= 15 is 0 Å². The van der Waals surface area contributed by atoms with E-state index in [1.165, 1.54) is 7.11 Å². The quantitative estimate of drug-likeness (QED) is 0.595. The Hall–Kier alpha value is -2.93. The van der Waals surface area contributed by atoms with Gasteiger partial charge in [0.2, 0.25) is 0 Å². The van der Waals surface area contributed by atoms with Crippen LogP contribution < -0.4 is 10.6 Å². The summed E-state index contributed by atoms with van der Waals surface area (Å²) in [4.78, 5) is 15.5. The number of nitrogens with zero attached hydrogens (tertiary/aromatic N) is 1. The van der Waals surface area contributed by atoms with Gasteiger partial charge in [0.25, 0.3) is 0 Å². The molecule has 0 aliphatic rings. The van der Waals surface area contributed by atoms with E-state index in [9.17, 15) is 9.90 Å². The number of carbonyl (C=O) groups is 1. The summed E-state index contributed by atoms with van der Waals surface area (Å²) in [5.41, 5.74) is 1.81. The van der Waals surface area contributed by atoms with Crippen LogP contribution in [0.1, 0.15) is 5.56 Å². The number of ether oxygens (including phenoxy) is 1. The first-order valence-electron chi connectivity index (χ1n) is 6.67. The topological polar surface area (TPSA) is 83.0 Å². The number of nitrogens with one attached hydrogen (secondary N) is 2. The highest BCUT2D eigenvalue weighted by atomic mass is 32.1. The molecule has 0 spiro atoms. The maximum absolute atomic E-state index is 11.1. The molecule has 0 atom stereocenters. The number of amides is 1. The first-order chi connectivity index (χ1) is 11.1. The van der Waals surface area contributed by atoms with Gasteiger partial charge in [-0.05, 0) is 36.5 Å². The standard InChI is InChI=1S/C16H15N3O3S/c1-22-16(21)19-15(23)18-13-8-4-3-7-12(13)17-10-11-6-2-5-9-14(11)20/h2-10,20H,1H3,(H2,18,19,21,23)/b17-10+. The van der Waals surface area contributed by atoms with E-state index in [2.05, 4.69) is 20.4 Å². The number of phenols is 1. The Balaban J connectivity index is 2.16. The van der Waals surface area contributed by atoms with Crippen LogP contribution in [-0.2, 0) is 4.74 Å². The third-order valence-electron chi connectivity index (χ3n) is 2.83. The van der Waals surface area contributed by atoms with Gasteiger partial charge in [-0.3, -0.25) is 10.3 Å². The summed E-state index contributed by atoms with van der Waals surface area (Å²) >= 11 is 5.02. The van der Waals surface area contributed by atoms with Gasteiger partial charge in [-0.25, -0.2) is 4.79 Å². The van der Waals surface area contributed by atoms with E-state index in [0.717, 1.165) is 0 Å². The number of methoxy groups -OCH3 is 1. The van der Waals surface area contributed by atoms with E-state index in [4.69, 9.17) is 12.2 Å². The third kappa shape index (κ3) is 4.79. The maximum Gasteiger partial charge on any atom is 0.413 e. The summed E-state index contributed by atoms with van der Waals surface area (Å²) in [5, 5.41) is 15.1. The number of rotatable bonds is 3. The molecule has 0 fully saturated rings. The molecule has 0 saturated heterocycles. The monoisotopic (exact) mass is 329 g/mol.